The molecule has 2 rings (SSSR count). The van der Waals surface area contributed by atoms with Crippen molar-refractivity contribution in [3.8, 4) is 0 Å². The molecule has 0 saturated heterocycles. The highest BCUT2D eigenvalue weighted by molar-refractivity contribution is 5.90. The van der Waals surface area contributed by atoms with Crippen molar-refractivity contribution in [1.29, 1.82) is 0 Å². The molecule has 6 nitrogen and oxygen atoms in total. The number of pyridine rings is 1. The number of nitrogens with zero attached hydrogens (tertiary/aromatic N) is 1. The van der Waals surface area contributed by atoms with Gasteiger partial charge in [0.1, 0.15) is 5.69 Å². The molecule has 1 aromatic heterocycles. The van der Waals surface area contributed by atoms with Gasteiger partial charge in [-0.15, -0.1) is 0 Å². The zero-order chi connectivity index (χ0) is 14.8. The number of hydrogen-bond donors (Lipinski definition) is 3. The van der Waals surface area contributed by atoms with Crippen molar-refractivity contribution < 1.29 is 14.7 Å². The fourth-order valence-corrected chi connectivity index (χ4v) is 2.14. The second-order valence-corrected chi connectivity index (χ2v) is 5.56. The van der Waals surface area contributed by atoms with E-state index < -0.39 is 5.97 Å². The molecule has 108 valence electrons. The van der Waals surface area contributed by atoms with Gasteiger partial charge in [0.05, 0.1) is 11.9 Å². The number of aromatic nitrogens is 1. The lowest BCUT2D eigenvalue weighted by Crippen LogP contribution is -2.35. The molecule has 1 fully saturated rings. The number of carboxylic acids is 1. The Bertz CT molecular complexity index is 507. The summed E-state index contributed by atoms with van der Waals surface area (Å²) in [4.78, 5) is 26.2. The molecule has 2 amide bonds. The summed E-state index contributed by atoms with van der Waals surface area (Å²) in [5.74, 6) is -0.534. The Labute approximate surface area is 117 Å². The van der Waals surface area contributed by atoms with Gasteiger partial charge in [-0.05, 0) is 36.3 Å². The van der Waals surface area contributed by atoms with E-state index in [1.54, 1.807) is 0 Å². The normalized spacial score (nSPS) is 15.8. The molecule has 1 aliphatic rings. The summed E-state index contributed by atoms with van der Waals surface area (Å²) in [6.07, 6.45) is 3.64. The monoisotopic (exact) mass is 277 g/mol. The minimum atomic E-state index is -1.09. The number of urea groups is 1. The summed E-state index contributed by atoms with van der Waals surface area (Å²) in [6, 6.07) is 2.58. The van der Waals surface area contributed by atoms with E-state index in [-0.39, 0.29) is 17.1 Å². The highest BCUT2D eigenvalue weighted by Gasteiger charge is 2.45. The molecule has 0 unspecified atom stereocenters. The van der Waals surface area contributed by atoms with Gasteiger partial charge in [-0.2, -0.15) is 0 Å². The van der Waals surface area contributed by atoms with Crippen LogP contribution in [-0.2, 0) is 0 Å². The van der Waals surface area contributed by atoms with Crippen LogP contribution < -0.4 is 10.6 Å². The lowest BCUT2D eigenvalue weighted by molar-refractivity contribution is 0.0690. The van der Waals surface area contributed by atoms with E-state index in [2.05, 4.69) is 29.5 Å². The fourth-order valence-electron chi connectivity index (χ4n) is 2.14. The molecule has 0 aliphatic heterocycles. The quantitative estimate of drug-likeness (QED) is 0.770. The average Bonchev–Trinajstić information content (AvgIpc) is 3.18. The first-order chi connectivity index (χ1) is 9.43. The number of rotatable bonds is 5. The standard InChI is InChI=1S/C14H19N3O3/c1-9(2)14(5-6-14)8-16-13(20)17-10-3-4-11(12(18)19)15-7-10/h3-4,7,9H,5-6,8H2,1-2H3,(H,18,19)(H2,16,17,20). The Morgan fingerprint density at radius 1 is 1.40 bits per heavy atom. The van der Waals surface area contributed by atoms with Crippen molar-refractivity contribution >= 4 is 17.7 Å². The number of amides is 2. The molecule has 1 saturated carbocycles. The van der Waals surface area contributed by atoms with E-state index in [0.29, 0.717) is 18.2 Å². The maximum atomic E-state index is 11.8. The Hall–Kier alpha value is -2.11. The van der Waals surface area contributed by atoms with E-state index in [1.807, 2.05) is 0 Å². The summed E-state index contributed by atoms with van der Waals surface area (Å²) >= 11 is 0. The van der Waals surface area contributed by atoms with Gasteiger partial charge >= 0.3 is 12.0 Å². The minimum Gasteiger partial charge on any atom is -0.477 e. The Balaban J connectivity index is 1.84. The van der Waals surface area contributed by atoms with Gasteiger partial charge in [0.25, 0.3) is 0 Å². The molecular formula is C14H19N3O3. The molecule has 3 N–H and O–H groups in total. The highest BCUT2D eigenvalue weighted by atomic mass is 16.4. The van der Waals surface area contributed by atoms with Gasteiger partial charge in [0.2, 0.25) is 0 Å². The summed E-state index contributed by atoms with van der Waals surface area (Å²) in [7, 11) is 0. The number of carbonyl (C=O) groups is 2. The fraction of sp³-hybridized carbons (Fsp3) is 0.500. The number of nitrogens with one attached hydrogen (secondary N) is 2. The third-order valence-corrected chi connectivity index (χ3v) is 3.96. The van der Waals surface area contributed by atoms with Gasteiger partial charge < -0.3 is 15.7 Å². The number of hydrogen-bond acceptors (Lipinski definition) is 3. The van der Waals surface area contributed by atoms with Crippen LogP contribution in [-0.4, -0.2) is 28.6 Å². The van der Waals surface area contributed by atoms with Crippen molar-refractivity contribution in [2.75, 3.05) is 11.9 Å². The van der Waals surface area contributed by atoms with Crippen LogP contribution in [0.1, 0.15) is 37.2 Å². The summed E-state index contributed by atoms with van der Waals surface area (Å²) < 4.78 is 0. The van der Waals surface area contributed by atoms with Gasteiger partial charge in [-0.3, -0.25) is 0 Å². The average molecular weight is 277 g/mol. The van der Waals surface area contributed by atoms with Crippen LogP contribution in [0.3, 0.4) is 0 Å². The van der Waals surface area contributed by atoms with Crippen molar-refractivity contribution in [2.24, 2.45) is 11.3 Å². The third kappa shape index (κ3) is 3.26. The van der Waals surface area contributed by atoms with E-state index in [4.69, 9.17) is 5.11 Å². The van der Waals surface area contributed by atoms with E-state index in [1.165, 1.54) is 18.3 Å². The van der Waals surface area contributed by atoms with Crippen molar-refractivity contribution in [2.45, 2.75) is 26.7 Å². The maximum absolute atomic E-state index is 11.8. The van der Waals surface area contributed by atoms with Crippen LogP contribution in [0.4, 0.5) is 10.5 Å². The second kappa shape index (κ2) is 5.48. The largest absolute Gasteiger partial charge is 0.477 e. The summed E-state index contributed by atoms with van der Waals surface area (Å²) in [5, 5.41) is 14.2. The molecule has 1 heterocycles. The number of aromatic carboxylic acids is 1. The van der Waals surface area contributed by atoms with Gasteiger partial charge in [0.15, 0.2) is 0 Å². The van der Waals surface area contributed by atoms with Crippen LogP contribution in [0.5, 0.6) is 0 Å². The molecule has 0 radical (unpaired) electrons. The number of carbonyl (C=O) groups excluding carboxylic acids is 1. The van der Waals surface area contributed by atoms with E-state index >= 15 is 0 Å². The molecule has 6 heteroatoms. The first kappa shape index (κ1) is 14.3. The summed E-state index contributed by atoms with van der Waals surface area (Å²) in [5.41, 5.74) is 0.678. The topological polar surface area (TPSA) is 91.3 Å². The van der Waals surface area contributed by atoms with Gasteiger partial charge in [-0.1, -0.05) is 13.8 Å². The van der Waals surface area contributed by atoms with Crippen molar-refractivity contribution in [3.63, 3.8) is 0 Å². The van der Waals surface area contributed by atoms with Gasteiger partial charge in [-0.25, -0.2) is 14.6 Å². The Morgan fingerprint density at radius 3 is 2.55 bits per heavy atom. The zero-order valence-electron chi connectivity index (χ0n) is 11.6. The number of anilines is 1. The predicted octanol–water partition coefficient (Wildman–Crippen LogP) is 2.34. The van der Waals surface area contributed by atoms with Gasteiger partial charge in [0, 0.05) is 6.54 Å². The molecule has 0 spiro atoms. The van der Waals surface area contributed by atoms with Crippen LogP contribution in [0.25, 0.3) is 0 Å². The molecular weight excluding hydrogens is 258 g/mol. The first-order valence-electron chi connectivity index (χ1n) is 6.67. The molecule has 0 bridgehead atoms. The second-order valence-electron chi connectivity index (χ2n) is 5.56. The lowest BCUT2D eigenvalue weighted by atomic mass is 9.92. The number of carboxylic acid groups (broad SMARTS) is 1. The summed E-state index contributed by atoms with van der Waals surface area (Å²) in [6.45, 7) is 5.00. The lowest BCUT2D eigenvalue weighted by Gasteiger charge is -2.20. The van der Waals surface area contributed by atoms with Crippen molar-refractivity contribution in [1.82, 2.24) is 10.3 Å². The van der Waals surface area contributed by atoms with Crippen LogP contribution in [0.2, 0.25) is 0 Å². The Morgan fingerprint density at radius 2 is 2.10 bits per heavy atom. The zero-order valence-corrected chi connectivity index (χ0v) is 11.6. The van der Waals surface area contributed by atoms with Crippen LogP contribution in [0, 0.1) is 11.3 Å². The first-order valence-corrected chi connectivity index (χ1v) is 6.67. The SMILES string of the molecule is CC(C)C1(CNC(=O)Nc2ccc(C(=O)O)nc2)CC1. The predicted molar refractivity (Wildman–Crippen MR) is 74.7 cm³/mol. The molecule has 1 aromatic rings. The minimum absolute atomic E-state index is 0.0484. The smallest absolute Gasteiger partial charge is 0.354 e. The van der Waals surface area contributed by atoms with Crippen molar-refractivity contribution in [3.05, 3.63) is 24.0 Å². The van der Waals surface area contributed by atoms with Crippen LogP contribution >= 0.6 is 0 Å². The van der Waals surface area contributed by atoms with Crippen LogP contribution in [0.15, 0.2) is 18.3 Å². The molecule has 0 aromatic carbocycles. The Kier molecular flexibility index (Phi) is 3.92. The maximum Gasteiger partial charge on any atom is 0.354 e. The molecule has 20 heavy (non-hydrogen) atoms. The van der Waals surface area contributed by atoms with E-state index in [0.717, 1.165) is 12.8 Å². The highest BCUT2D eigenvalue weighted by Crippen LogP contribution is 2.51. The molecule has 1 aliphatic carbocycles. The van der Waals surface area contributed by atoms with E-state index in [9.17, 15) is 9.59 Å². The third-order valence-electron chi connectivity index (χ3n) is 3.96. The molecule has 0 atom stereocenters.